The van der Waals surface area contributed by atoms with E-state index in [0.717, 1.165) is 17.5 Å². The molecule has 7 heteroatoms. The molecule has 0 fully saturated rings. The van der Waals surface area contributed by atoms with Crippen LogP contribution < -0.4 is 11.1 Å². The number of carbonyl (C=O) groups excluding carboxylic acids is 2. The highest BCUT2D eigenvalue weighted by atomic mass is 16.5. The average Bonchev–Trinajstić information content (AvgIpc) is 3.22. The summed E-state index contributed by atoms with van der Waals surface area (Å²) in [7, 11) is 0. The van der Waals surface area contributed by atoms with Crippen LogP contribution in [0.25, 0.3) is 22.4 Å². The maximum absolute atomic E-state index is 12.9. The van der Waals surface area contributed by atoms with Crippen LogP contribution in [0.4, 0.5) is 5.88 Å². The number of nitrogens with zero attached hydrogens (tertiary/aromatic N) is 2. The highest BCUT2D eigenvalue weighted by Gasteiger charge is 2.24. The smallest absolute Gasteiger partial charge is 0.258 e. The van der Waals surface area contributed by atoms with E-state index < -0.39 is 5.91 Å². The van der Waals surface area contributed by atoms with Gasteiger partial charge in [0.25, 0.3) is 5.91 Å². The van der Waals surface area contributed by atoms with Gasteiger partial charge in [-0.2, -0.15) is 0 Å². The molecule has 0 aliphatic rings. The molecule has 0 saturated heterocycles. The number of carbonyl (C=O) groups is 2. The number of nitrogens with two attached hydrogens (primary N) is 1. The third kappa shape index (κ3) is 4.06. The lowest BCUT2D eigenvalue weighted by atomic mass is 9.96. The normalized spacial score (nSPS) is 10.6. The predicted molar refractivity (Wildman–Crippen MR) is 117 cm³/mol. The molecule has 0 atom stereocenters. The minimum absolute atomic E-state index is 0.130. The van der Waals surface area contributed by atoms with E-state index in [-0.39, 0.29) is 11.8 Å². The zero-order valence-corrected chi connectivity index (χ0v) is 16.8. The van der Waals surface area contributed by atoms with Crippen LogP contribution in [0.2, 0.25) is 0 Å². The van der Waals surface area contributed by atoms with Crippen LogP contribution in [0.5, 0.6) is 0 Å². The van der Waals surface area contributed by atoms with Gasteiger partial charge in [-0.1, -0.05) is 42.4 Å². The molecule has 4 aromatic rings. The number of hydrogen-bond donors (Lipinski definition) is 2. The number of nitrogens with one attached hydrogen (secondary N) is 1. The molecule has 31 heavy (non-hydrogen) atoms. The Hall–Kier alpha value is -4.26. The van der Waals surface area contributed by atoms with Gasteiger partial charge in [0.05, 0.1) is 5.56 Å². The summed E-state index contributed by atoms with van der Waals surface area (Å²) < 4.78 is 5.52. The lowest BCUT2D eigenvalue weighted by molar-refractivity contribution is 0.0998. The van der Waals surface area contributed by atoms with Gasteiger partial charge in [-0.25, -0.2) is 0 Å². The Morgan fingerprint density at radius 3 is 2.39 bits per heavy atom. The van der Waals surface area contributed by atoms with Crippen molar-refractivity contribution >= 4 is 17.7 Å². The molecule has 0 spiro atoms. The Labute approximate surface area is 178 Å². The first kappa shape index (κ1) is 20.0. The van der Waals surface area contributed by atoms with Crippen LogP contribution in [0.3, 0.4) is 0 Å². The van der Waals surface area contributed by atoms with Gasteiger partial charge in [-0.05, 0) is 42.3 Å². The van der Waals surface area contributed by atoms with Gasteiger partial charge in [0, 0.05) is 34.6 Å². The van der Waals surface area contributed by atoms with E-state index >= 15 is 0 Å². The van der Waals surface area contributed by atoms with Crippen molar-refractivity contribution in [2.75, 3.05) is 5.32 Å². The fraction of sp³-hybridized carbons (Fsp3) is 0.0833. The first-order valence-electron chi connectivity index (χ1n) is 9.78. The molecule has 154 valence electrons. The maximum Gasteiger partial charge on any atom is 0.258 e. The molecule has 7 nitrogen and oxygen atoms in total. The lowest BCUT2D eigenvalue weighted by Crippen LogP contribution is -2.14. The second-order valence-electron chi connectivity index (χ2n) is 6.89. The molecule has 0 aliphatic heterocycles. The molecular weight excluding hydrogens is 392 g/mol. The van der Waals surface area contributed by atoms with Gasteiger partial charge in [-0.15, -0.1) is 0 Å². The number of amides is 2. The minimum atomic E-state index is -0.593. The first-order chi connectivity index (χ1) is 15.1. The number of benzene rings is 2. The van der Waals surface area contributed by atoms with Crippen LogP contribution in [0.15, 0.2) is 77.6 Å². The number of primary amides is 1. The fourth-order valence-electron chi connectivity index (χ4n) is 3.32. The third-order valence-corrected chi connectivity index (χ3v) is 4.96. The van der Waals surface area contributed by atoms with E-state index in [4.69, 9.17) is 10.3 Å². The summed E-state index contributed by atoms with van der Waals surface area (Å²) in [6.07, 6.45) is 4.13. The number of rotatable bonds is 6. The molecule has 3 N–H and O–H groups in total. The first-order valence-corrected chi connectivity index (χ1v) is 9.78. The molecule has 2 aromatic heterocycles. The van der Waals surface area contributed by atoms with E-state index in [1.807, 2.05) is 19.1 Å². The zero-order chi connectivity index (χ0) is 21.8. The summed E-state index contributed by atoms with van der Waals surface area (Å²) in [5.41, 5.74) is 9.67. The molecule has 0 radical (unpaired) electrons. The third-order valence-electron chi connectivity index (χ3n) is 4.96. The summed E-state index contributed by atoms with van der Waals surface area (Å²) in [4.78, 5) is 28.9. The lowest BCUT2D eigenvalue weighted by Gasteiger charge is -2.09. The van der Waals surface area contributed by atoms with Crippen LogP contribution in [-0.4, -0.2) is 22.0 Å². The van der Waals surface area contributed by atoms with E-state index in [1.54, 1.807) is 60.9 Å². The maximum atomic E-state index is 12.9. The Morgan fingerprint density at radius 2 is 1.71 bits per heavy atom. The number of aryl methyl sites for hydroxylation is 1. The Kier molecular flexibility index (Phi) is 5.57. The van der Waals surface area contributed by atoms with Gasteiger partial charge < -0.3 is 10.3 Å². The molecule has 0 unspecified atom stereocenters. The van der Waals surface area contributed by atoms with E-state index in [1.165, 1.54) is 0 Å². The van der Waals surface area contributed by atoms with Crippen molar-refractivity contribution in [3.8, 4) is 22.4 Å². The molecule has 0 aliphatic carbocycles. The molecule has 0 saturated carbocycles. The number of aromatic nitrogens is 2. The van der Waals surface area contributed by atoms with Gasteiger partial charge in [0.15, 0.2) is 0 Å². The van der Waals surface area contributed by atoms with Crippen molar-refractivity contribution in [3.63, 3.8) is 0 Å². The fourth-order valence-corrected chi connectivity index (χ4v) is 3.32. The van der Waals surface area contributed by atoms with Crippen LogP contribution in [0.1, 0.15) is 33.2 Å². The average molecular weight is 412 g/mol. The number of anilines is 1. The molecule has 2 aromatic carbocycles. The topological polar surface area (TPSA) is 111 Å². The Morgan fingerprint density at radius 1 is 1.00 bits per heavy atom. The van der Waals surface area contributed by atoms with Gasteiger partial charge in [0.2, 0.25) is 11.8 Å². The Bertz CT molecular complexity index is 1230. The highest BCUT2D eigenvalue weighted by Crippen LogP contribution is 2.39. The predicted octanol–water partition coefficient (Wildman–Crippen LogP) is 4.32. The number of hydrogen-bond acceptors (Lipinski definition) is 5. The van der Waals surface area contributed by atoms with Gasteiger partial charge in [-0.3, -0.25) is 19.9 Å². The second-order valence-corrected chi connectivity index (χ2v) is 6.89. The van der Waals surface area contributed by atoms with Crippen LogP contribution >= 0.6 is 0 Å². The van der Waals surface area contributed by atoms with Gasteiger partial charge in [0.1, 0.15) is 5.69 Å². The zero-order valence-electron chi connectivity index (χ0n) is 16.8. The van der Waals surface area contributed by atoms with Crippen molar-refractivity contribution in [1.29, 1.82) is 0 Å². The molecule has 0 bridgehead atoms. The van der Waals surface area contributed by atoms with E-state index in [2.05, 4.69) is 15.5 Å². The van der Waals surface area contributed by atoms with E-state index in [0.29, 0.717) is 27.9 Å². The minimum Gasteiger partial charge on any atom is -0.366 e. The summed E-state index contributed by atoms with van der Waals surface area (Å²) >= 11 is 0. The molecular formula is C24H20N4O3. The van der Waals surface area contributed by atoms with Crippen LogP contribution in [0, 0.1) is 0 Å². The van der Waals surface area contributed by atoms with Crippen molar-refractivity contribution in [2.45, 2.75) is 13.3 Å². The summed E-state index contributed by atoms with van der Waals surface area (Å²) in [5, 5.41) is 6.95. The quantitative estimate of drug-likeness (QED) is 0.490. The molecule has 2 amide bonds. The summed E-state index contributed by atoms with van der Waals surface area (Å²) in [5.74, 6) is -0.812. The monoisotopic (exact) mass is 412 g/mol. The number of pyridine rings is 1. The Balaban J connectivity index is 1.81. The summed E-state index contributed by atoms with van der Waals surface area (Å²) in [6, 6.07) is 17.7. The summed E-state index contributed by atoms with van der Waals surface area (Å²) in [6.45, 7) is 2.05. The van der Waals surface area contributed by atoms with Gasteiger partial charge >= 0.3 is 0 Å². The SMILES string of the molecule is CCc1ccc(C(=O)Nc2onc(-c3ccncc3)c2-c2ccccc2C(N)=O)cc1. The standard InChI is InChI=1S/C24H20N4O3/c1-2-15-7-9-17(10-8-15)23(30)27-24-20(18-5-3-4-6-19(18)22(25)29)21(28-31-24)16-11-13-26-14-12-16/h3-14H,2H2,1H3,(H2,25,29)(H,27,30). The van der Waals surface area contributed by atoms with Crippen LogP contribution in [-0.2, 0) is 6.42 Å². The molecule has 2 heterocycles. The van der Waals surface area contributed by atoms with Crippen molar-refractivity contribution in [3.05, 3.63) is 89.7 Å². The van der Waals surface area contributed by atoms with Crippen molar-refractivity contribution < 1.29 is 14.1 Å². The van der Waals surface area contributed by atoms with Crippen molar-refractivity contribution in [2.24, 2.45) is 5.73 Å². The largest absolute Gasteiger partial charge is 0.366 e. The molecule has 4 rings (SSSR count). The van der Waals surface area contributed by atoms with E-state index in [9.17, 15) is 9.59 Å². The highest BCUT2D eigenvalue weighted by molar-refractivity contribution is 6.08. The second kappa shape index (κ2) is 8.62. The van der Waals surface area contributed by atoms with Crippen molar-refractivity contribution in [1.82, 2.24) is 10.1 Å².